The minimum Gasteiger partial charge on any atom is -0.299 e. The lowest BCUT2D eigenvalue weighted by Crippen LogP contribution is -2.30. The topological polar surface area (TPSA) is 88.8 Å². The predicted molar refractivity (Wildman–Crippen MR) is 105 cm³/mol. The summed E-state index contributed by atoms with van der Waals surface area (Å²) in [5, 5.41) is 6.39. The van der Waals surface area contributed by atoms with Gasteiger partial charge in [-0.15, -0.1) is 0 Å². The van der Waals surface area contributed by atoms with Crippen LogP contribution in [-0.2, 0) is 6.54 Å². The molecule has 0 aliphatic carbocycles. The van der Waals surface area contributed by atoms with Crippen molar-refractivity contribution in [1.82, 2.24) is 30.9 Å². The quantitative estimate of drug-likeness (QED) is 0.534. The zero-order valence-electron chi connectivity index (χ0n) is 15.3. The van der Waals surface area contributed by atoms with Crippen LogP contribution >= 0.6 is 0 Å². The smallest absolute Gasteiger partial charge is 0.299 e. The van der Waals surface area contributed by atoms with Crippen molar-refractivity contribution in [3.63, 3.8) is 0 Å². The highest BCUT2D eigenvalue weighted by Gasteiger charge is 2.29. The van der Waals surface area contributed by atoms with Crippen LogP contribution < -0.4 is 16.5 Å². The van der Waals surface area contributed by atoms with Crippen LogP contribution in [0.1, 0.15) is 17.4 Å². The molecule has 1 aliphatic heterocycles. The Hall–Kier alpha value is -2.74. The second-order valence-electron chi connectivity index (χ2n) is 7.07. The summed E-state index contributed by atoms with van der Waals surface area (Å²) in [6, 6.07) is 19.4. The molecule has 0 radical (unpaired) electrons. The van der Waals surface area contributed by atoms with E-state index in [-0.39, 0.29) is 11.7 Å². The van der Waals surface area contributed by atoms with Crippen LogP contribution in [0, 0.1) is 5.92 Å². The van der Waals surface area contributed by atoms with E-state index in [9.17, 15) is 4.79 Å². The molecular formula is C20H24N6O. The summed E-state index contributed by atoms with van der Waals surface area (Å²) in [4.78, 5) is 16.1. The van der Waals surface area contributed by atoms with Gasteiger partial charge in [0, 0.05) is 19.0 Å². The Morgan fingerprint density at radius 2 is 1.81 bits per heavy atom. The van der Waals surface area contributed by atoms with E-state index < -0.39 is 0 Å². The molecular weight excluding hydrogens is 340 g/mol. The van der Waals surface area contributed by atoms with E-state index in [1.165, 1.54) is 16.7 Å². The molecule has 140 valence electrons. The maximum Gasteiger partial charge on any atom is 0.340 e. The number of hydrogen-bond acceptors (Lipinski definition) is 5. The molecule has 27 heavy (non-hydrogen) atoms. The Labute approximate surface area is 157 Å². The molecule has 2 heterocycles. The van der Waals surface area contributed by atoms with E-state index in [0.717, 1.165) is 13.1 Å². The third-order valence-electron chi connectivity index (χ3n) is 4.99. The van der Waals surface area contributed by atoms with Crippen LogP contribution in [-0.4, -0.2) is 40.2 Å². The number of nitrogens with zero attached hydrogens (tertiary/aromatic N) is 2. The molecule has 3 aromatic rings. The van der Waals surface area contributed by atoms with Crippen LogP contribution in [0.3, 0.4) is 0 Å². The zero-order valence-corrected chi connectivity index (χ0v) is 15.3. The maximum atomic E-state index is 11.2. The van der Waals surface area contributed by atoms with Crippen LogP contribution in [0.2, 0.25) is 0 Å². The van der Waals surface area contributed by atoms with Crippen molar-refractivity contribution in [3.8, 4) is 11.1 Å². The maximum absolute atomic E-state index is 11.2. The molecule has 0 bridgehead atoms. The fourth-order valence-electron chi connectivity index (χ4n) is 3.68. The first-order valence-corrected chi connectivity index (χ1v) is 9.15. The van der Waals surface area contributed by atoms with Gasteiger partial charge in [0.25, 0.3) is 0 Å². The van der Waals surface area contributed by atoms with Crippen molar-refractivity contribution in [3.05, 3.63) is 76.5 Å². The lowest BCUT2D eigenvalue weighted by Gasteiger charge is -2.24. The molecule has 7 nitrogen and oxygen atoms in total. The molecule has 0 saturated carbocycles. The molecule has 4 N–H and O–H groups in total. The average molecular weight is 364 g/mol. The Morgan fingerprint density at radius 3 is 2.52 bits per heavy atom. The van der Waals surface area contributed by atoms with E-state index >= 15 is 0 Å². The van der Waals surface area contributed by atoms with Gasteiger partial charge in [0.1, 0.15) is 5.82 Å². The second-order valence-corrected chi connectivity index (χ2v) is 7.07. The van der Waals surface area contributed by atoms with Gasteiger partial charge >= 0.3 is 5.69 Å². The van der Waals surface area contributed by atoms with E-state index in [4.69, 9.17) is 0 Å². The third kappa shape index (κ3) is 4.16. The van der Waals surface area contributed by atoms with Gasteiger partial charge in [-0.2, -0.15) is 5.10 Å². The molecule has 1 aromatic heterocycles. The second kappa shape index (κ2) is 7.87. The standard InChI is InChI=1S/C20H24N6O/c1-26(13-18-22-20(27)25-23-18)12-17-11-21-24-19(17)16-9-7-15(8-10-16)14-5-3-2-4-6-14/h2-10,17,19,21,24H,11-13H2,1H3,(H2,22,23,25,27). The normalized spacial score (nSPS) is 19.6. The first-order chi connectivity index (χ1) is 13.2. The van der Waals surface area contributed by atoms with Crippen molar-refractivity contribution in [2.75, 3.05) is 20.1 Å². The fourth-order valence-corrected chi connectivity index (χ4v) is 3.68. The van der Waals surface area contributed by atoms with Gasteiger partial charge in [-0.3, -0.25) is 15.3 Å². The summed E-state index contributed by atoms with van der Waals surface area (Å²) in [7, 11) is 2.04. The van der Waals surface area contributed by atoms with Crippen LogP contribution in [0.25, 0.3) is 11.1 Å². The number of hydrogen-bond donors (Lipinski definition) is 4. The molecule has 4 rings (SSSR count). The molecule has 1 aliphatic rings. The third-order valence-corrected chi connectivity index (χ3v) is 4.99. The summed E-state index contributed by atoms with van der Waals surface area (Å²) in [6.07, 6.45) is 0. The van der Waals surface area contributed by atoms with Crippen molar-refractivity contribution >= 4 is 0 Å². The number of aromatic nitrogens is 3. The number of aromatic amines is 2. The minimum atomic E-state index is -0.265. The summed E-state index contributed by atoms with van der Waals surface area (Å²) in [5.74, 6) is 1.08. The van der Waals surface area contributed by atoms with E-state index in [1.54, 1.807) is 0 Å². The van der Waals surface area contributed by atoms with Crippen molar-refractivity contribution < 1.29 is 0 Å². The van der Waals surface area contributed by atoms with Gasteiger partial charge in [0.15, 0.2) is 0 Å². The average Bonchev–Trinajstić information content (AvgIpc) is 3.31. The summed E-state index contributed by atoms with van der Waals surface area (Å²) in [6.45, 7) is 2.39. The minimum absolute atomic E-state index is 0.246. The largest absolute Gasteiger partial charge is 0.340 e. The zero-order chi connectivity index (χ0) is 18.6. The number of H-pyrrole nitrogens is 2. The predicted octanol–water partition coefficient (Wildman–Crippen LogP) is 1.66. The Bertz CT molecular complexity index is 917. The van der Waals surface area contributed by atoms with Crippen molar-refractivity contribution in [2.45, 2.75) is 12.6 Å². The summed E-state index contributed by atoms with van der Waals surface area (Å²) in [5.41, 5.74) is 10.1. The van der Waals surface area contributed by atoms with Gasteiger partial charge in [0.2, 0.25) is 0 Å². The van der Waals surface area contributed by atoms with Crippen LogP contribution in [0.4, 0.5) is 0 Å². The molecule has 1 saturated heterocycles. The van der Waals surface area contributed by atoms with Crippen LogP contribution in [0.15, 0.2) is 59.4 Å². The number of nitrogens with one attached hydrogen (secondary N) is 4. The Morgan fingerprint density at radius 1 is 1.07 bits per heavy atom. The lowest BCUT2D eigenvalue weighted by molar-refractivity contribution is 0.257. The van der Waals surface area contributed by atoms with E-state index in [0.29, 0.717) is 18.3 Å². The van der Waals surface area contributed by atoms with Gasteiger partial charge in [-0.05, 0) is 23.7 Å². The molecule has 2 atom stereocenters. The van der Waals surface area contributed by atoms with Crippen molar-refractivity contribution in [1.29, 1.82) is 0 Å². The van der Waals surface area contributed by atoms with E-state index in [2.05, 4.69) is 79.5 Å². The highest BCUT2D eigenvalue weighted by Crippen LogP contribution is 2.28. The molecule has 0 amide bonds. The first kappa shape index (κ1) is 17.7. The number of benzene rings is 2. The molecule has 2 unspecified atom stereocenters. The summed E-state index contributed by atoms with van der Waals surface area (Å²) < 4.78 is 0. The van der Waals surface area contributed by atoms with Crippen LogP contribution in [0.5, 0.6) is 0 Å². The van der Waals surface area contributed by atoms with Gasteiger partial charge < -0.3 is 0 Å². The Kier molecular flexibility index (Phi) is 5.15. The van der Waals surface area contributed by atoms with Gasteiger partial charge in [-0.1, -0.05) is 54.6 Å². The van der Waals surface area contributed by atoms with Gasteiger partial charge in [-0.25, -0.2) is 15.3 Å². The van der Waals surface area contributed by atoms with Crippen molar-refractivity contribution in [2.24, 2.45) is 5.92 Å². The SMILES string of the molecule is CN(Cc1n[nH]c(=O)[nH]1)CC1CNNC1c1ccc(-c2ccccc2)cc1. The lowest BCUT2D eigenvalue weighted by atomic mass is 9.93. The highest BCUT2D eigenvalue weighted by molar-refractivity contribution is 5.63. The van der Waals surface area contributed by atoms with Gasteiger partial charge in [0.05, 0.1) is 12.6 Å². The van der Waals surface area contributed by atoms with E-state index in [1.807, 2.05) is 13.1 Å². The summed E-state index contributed by atoms with van der Waals surface area (Å²) >= 11 is 0. The molecule has 7 heteroatoms. The molecule has 0 spiro atoms. The monoisotopic (exact) mass is 364 g/mol. The Balaban J connectivity index is 1.42. The molecule has 1 fully saturated rings. The number of hydrazine groups is 1. The molecule has 2 aromatic carbocycles. The number of rotatable bonds is 6. The first-order valence-electron chi connectivity index (χ1n) is 9.15. The fraction of sp³-hybridized carbons (Fsp3) is 0.300. The highest BCUT2D eigenvalue weighted by atomic mass is 16.1.